The fourth-order valence-corrected chi connectivity index (χ4v) is 1.96. The molecule has 0 unspecified atom stereocenters. The zero-order chi connectivity index (χ0) is 11.0. The van der Waals surface area contributed by atoms with Crippen LogP contribution < -0.4 is 0 Å². The van der Waals surface area contributed by atoms with Crippen molar-refractivity contribution in [2.75, 3.05) is 0 Å². The number of benzene rings is 2. The molecule has 0 fully saturated rings. The second-order valence-electron chi connectivity index (χ2n) is 3.73. The molecule has 2 radical (unpaired) electrons. The fourth-order valence-electron chi connectivity index (χ4n) is 1.96. The summed E-state index contributed by atoms with van der Waals surface area (Å²) in [4.78, 5) is 0. The van der Waals surface area contributed by atoms with Crippen LogP contribution in [0.5, 0.6) is 0 Å². The van der Waals surface area contributed by atoms with Crippen molar-refractivity contribution >= 4 is 38.1 Å². The third-order valence-electron chi connectivity index (χ3n) is 2.53. The predicted molar refractivity (Wildman–Crippen MR) is 65.4 cm³/mol. The first-order valence-electron chi connectivity index (χ1n) is 4.75. The zero-order valence-corrected chi connectivity index (χ0v) is 19.1. The van der Waals surface area contributed by atoms with Gasteiger partial charge in [-0.1, -0.05) is 40.3 Å². The van der Waals surface area contributed by atoms with Crippen molar-refractivity contribution in [3.63, 3.8) is 0 Å². The molecule has 0 saturated carbocycles. The summed E-state index contributed by atoms with van der Waals surface area (Å²) in [5.41, 5.74) is 2.38. The summed E-state index contributed by atoms with van der Waals surface area (Å²) < 4.78 is 13.4. The molecule has 0 saturated heterocycles. The molecule has 3 heteroatoms. The van der Waals surface area contributed by atoms with Gasteiger partial charge < -0.3 is 6.42 Å². The molecule has 0 spiro atoms. The monoisotopic (exact) mass is 633 g/mol. The van der Waals surface area contributed by atoms with E-state index in [9.17, 15) is 4.39 Å². The van der Waals surface area contributed by atoms with E-state index in [0.29, 0.717) is 0 Å². The van der Waals surface area contributed by atoms with Crippen molar-refractivity contribution in [1.82, 2.24) is 0 Å². The summed E-state index contributed by atoms with van der Waals surface area (Å²) in [5.74, 6) is 1.79. The van der Waals surface area contributed by atoms with Gasteiger partial charge in [0.05, 0.1) is 5.82 Å². The van der Waals surface area contributed by atoms with Crippen LogP contribution in [0.1, 0.15) is 16.7 Å². The predicted octanol–water partition coefficient (Wildman–Crippen LogP) is 3.15. The van der Waals surface area contributed by atoms with Gasteiger partial charge in [-0.2, -0.15) is 0 Å². The van der Waals surface area contributed by atoms with Gasteiger partial charge in [-0.3, -0.25) is 5.92 Å². The van der Waals surface area contributed by atoms with Gasteiger partial charge in [0.2, 0.25) is 0 Å². The molecule has 2 rings (SSSR count). The molecule has 0 heterocycles. The Morgan fingerprint density at radius 1 is 1.18 bits per heavy atom. The molecule has 80 valence electrons. The minimum Gasteiger partial charge on any atom is -0.366 e. The van der Waals surface area contributed by atoms with Crippen LogP contribution in [0.3, 0.4) is 0 Å². The Bertz CT molecular complexity index is 585. The van der Waals surface area contributed by atoms with Crippen LogP contribution >= 0.6 is 0 Å². The van der Waals surface area contributed by atoms with Gasteiger partial charge in [0.25, 0.3) is 0 Å². The van der Waals surface area contributed by atoms with Crippen LogP contribution in [0.4, 0.5) is 4.39 Å². The summed E-state index contributed by atoms with van der Waals surface area (Å²) in [6, 6.07) is 7.11. The zero-order valence-electron chi connectivity index (χ0n) is 9.84. The quantitative estimate of drug-likeness (QED) is 0.238. The minimum absolute atomic E-state index is 0. The van der Waals surface area contributed by atoms with Crippen molar-refractivity contribution in [2.45, 2.75) is 13.8 Å². The van der Waals surface area contributed by atoms with E-state index >= 15 is 0 Å². The van der Waals surface area contributed by atoms with Gasteiger partial charge in [0.1, 0.15) is 0 Å². The number of aryl methyl sites for hydroxylation is 2. The van der Waals surface area contributed by atoms with E-state index in [1.165, 1.54) is 6.07 Å². The van der Waals surface area contributed by atoms with Crippen LogP contribution in [0, 0.1) is 64.3 Å². The molecule has 2 aromatic rings. The van der Waals surface area contributed by atoms with Crippen LogP contribution in [0.25, 0.3) is 10.8 Å². The average molecular weight is 633 g/mol. The largest absolute Gasteiger partial charge is 0.366 e. The van der Waals surface area contributed by atoms with Crippen molar-refractivity contribution in [1.29, 1.82) is 0 Å². The van der Waals surface area contributed by atoms with Crippen molar-refractivity contribution < 1.29 is 36.7 Å². The maximum Gasteiger partial charge on any atom is 0.0580 e. The Balaban J connectivity index is 0.00000128. The Morgan fingerprint density at radius 3 is 2.41 bits per heavy atom. The van der Waals surface area contributed by atoms with Crippen molar-refractivity contribution in [2.24, 2.45) is 0 Å². The second kappa shape index (κ2) is 6.96. The first-order valence-corrected chi connectivity index (χ1v) is 4.75. The number of halogens is 1. The molecule has 2 aromatic carbocycles. The fraction of sp³-hybridized carbons (Fsp3) is 0.143. The number of hydrogen-bond acceptors (Lipinski definition) is 0. The van der Waals surface area contributed by atoms with Crippen molar-refractivity contribution in [3.8, 4) is 5.92 Å². The molecule has 0 aliphatic carbocycles. The van der Waals surface area contributed by atoms with Crippen LogP contribution in [-0.2, 0) is 0 Å². The molecule has 0 bridgehead atoms. The van der Waals surface area contributed by atoms with Gasteiger partial charge in [0.15, 0.2) is 0 Å². The number of hydrogen-bond donors (Lipinski definition) is 0. The molecular formula is C14H10FPaTl-. The van der Waals surface area contributed by atoms with E-state index in [-0.39, 0.29) is 71.0 Å². The maximum absolute atomic E-state index is 13.4. The smallest absolute Gasteiger partial charge is 0.0580 e. The van der Waals surface area contributed by atoms with Gasteiger partial charge in [-0.15, -0.1) is 0 Å². The molecule has 0 aliphatic rings. The first-order chi connectivity index (χ1) is 7.13. The summed E-state index contributed by atoms with van der Waals surface area (Å²) >= 11 is 0. The van der Waals surface area contributed by atoms with Crippen LogP contribution in [0.15, 0.2) is 24.3 Å². The molecule has 0 aliphatic heterocycles. The standard InChI is InChI=1S/C14H10F.Pa.Tl/c1-4-12-13(15)6-5-11-8-9(2)7-10(3)14(11)12;;/h5-8H,2-3H3;;/q-1;;. The van der Waals surface area contributed by atoms with Crippen molar-refractivity contribution in [3.05, 3.63) is 53.2 Å². The average Bonchev–Trinajstić information content (AvgIpc) is 2.18. The molecule has 0 aromatic heterocycles. The molecule has 0 N–H and O–H groups in total. The van der Waals surface area contributed by atoms with Crippen LogP contribution in [-0.4, -0.2) is 27.3 Å². The molecule has 0 nitrogen and oxygen atoms in total. The van der Waals surface area contributed by atoms with Gasteiger partial charge in [-0.25, -0.2) is 4.39 Å². The van der Waals surface area contributed by atoms with Gasteiger partial charge in [-0.05, 0) is 25.3 Å². The normalized spacial score (nSPS) is 9.06. The Kier molecular flexibility index (Phi) is 7.04. The Labute approximate surface area is 146 Å². The summed E-state index contributed by atoms with van der Waals surface area (Å²) in [5, 5.41) is 1.75. The SMILES string of the molecule is [C-]#Cc1c(F)ccc2cc(C)cc(C)c12.[Pa].[Tl]. The molecule has 0 atom stereocenters. The minimum atomic E-state index is -0.385. The van der Waals surface area contributed by atoms with E-state index in [0.717, 1.165) is 21.9 Å². The third kappa shape index (κ3) is 3.36. The van der Waals surface area contributed by atoms with E-state index in [4.69, 9.17) is 6.42 Å². The van der Waals surface area contributed by atoms with Crippen LogP contribution in [0.2, 0.25) is 0 Å². The Hall–Kier alpha value is 0.203. The number of rotatable bonds is 0. The van der Waals surface area contributed by atoms with E-state index < -0.39 is 0 Å². The maximum atomic E-state index is 13.4. The van der Waals surface area contributed by atoms with Gasteiger partial charge >= 0.3 is 0 Å². The Morgan fingerprint density at radius 2 is 1.82 bits per heavy atom. The second-order valence-corrected chi connectivity index (χ2v) is 3.73. The van der Waals surface area contributed by atoms with Gasteiger partial charge in [0, 0.05) is 59.6 Å². The summed E-state index contributed by atoms with van der Waals surface area (Å²) in [6.07, 6.45) is 7.13. The van der Waals surface area contributed by atoms with E-state index in [2.05, 4.69) is 5.92 Å². The summed E-state index contributed by atoms with van der Waals surface area (Å²) in [6.45, 7) is 3.93. The van der Waals surface area contributed by atoms with E-state index in [1.54, 1.807) is 6.07 Å². The van der Waals surface area contributed by atoms with E-state index in [1.807, 2.05) is 26.0 Å². The number of fused-ring (bicyclic) bond motifs is 1. The molecule has 0 amide bonds. The summed E-state index contributed by atoms with van der Waals surface area (Å²) in [7, 11) is 0. The molecule has 17 heavy (non-hydrogen) atoms. The topological polar surface area (TPSA) is 0 Å². The third-order valence-corrected chi connectivity index (χ3v) is 2.53. The molecular weight excluding hydrogens is 623 g/mol. The first kappa shape index (κ1) is 17.2.